The van der Waals surface area contributed by atoms with Gasteiger partial charge in [0.1, 0.15) is 5.75 Å². The van der Waals surface area contributed by atoms with E-state index in [9.17, 15) is 0 Å². The van der Waals surface area contributed by atoms with Crippen LogP contribution in [0.5, 0.6) is 5.75 Å². The van der Waals surface area contributed by atoms with Crippen LogP contribution in [0.1, 0.15) is 37.8 Å². The summed E-state index contributed by atoms with van der Waals surface area (Å²) in [4.78, 5) is 0. The van der Waals surface area contributed by atoms with Gasteiger partial charge in [0.15, 0.2) is 6.79 Å². The quantitative estimate of drug-likeness (QED) is 0.584. The minimum absolute atomic E-state index is 0.0367. The van der Waals surface area contributed by atoms with Gasteiger partial charge in [-0.1, -0.05) is 25.1 Å². The molecule has 94 valence electrons. The smallest absolute Gasteiger partial charge is 0.189 e. The molecule has 0 amide bonds. The summed E-state index contributed by atoms with van der Waals surface area (Å²) in [7, 11) is 0. The molecule has 1 aromatic rings. The van der Waals surface area contributed by atoms with Crippen molar-refractivity contribution in [3.8, 4) is 5.75 Å². The molecule has 1 aliphatic rings. The summed E-state index contributed by atoms with van der Waals surface area (Å²) in [5.74, 6) is 1.62. The van der Waals surface area contributed by atoms with E-state index in [1.54, 1.807) is 0 Å². The van der Waals surface area contributed by atoms with Crippen molar-refractivity contribution in [3.63, 3.8) is 0 Å². The average Bonchev–Trinajstić information content (AvgIpc) is 3.18. The van der Waals surface area contributed by atoms with Crippen LogP contribution in [0.4, 0.5) is 0 Å². The van der Waals surface area contributed by atoms with Gasteiger partial charge >= 0.3 is 0 Å². The lowest BCUT2D eigenvalue weighted by atomic mass is 10.0. The maximum absolute atomic E-state index is 6.04. The van der Waals surface area contributed by atoms with Crippen LogP contribution in [-0.2, 0) is 4.74 Å². The van der Waals surface area contributed by atoms with Gasteiger partial charge in [-0.25, -0.2) is 0 Å². The Bertz CT molecular complexity index is 350. The fourth-order valence-electron chi connectivity index (χ4n) is 1.74. The second-order valence-corrected chi connectivity index (χ2v) is 4.63. The highest BCUT2D eigenvalue weighted by Crippen LogP contribution is 2.29. The summed E-state index contributed by atoms with van der Waals surface area (Å²) in [5, 5.41) is 0. The van der Waals surface area contributed by atoms with Gasteiger partial charge < -0.3 is 15.2 Å². The first-order valence-corrected chi connectivity index (χ1v) is 6.36. The van der Waals surface area contributed by atoms with Gasteiger partial charge in [-0.3, -0.25) is 0 Å². The Balaban J connectivity index is 1.84. The molecule has 0 unspecified atom stereocenters. The number of ether oxygens (including phenoxy) is 2. The number of benzene rings is 1. The van der Waals surface area contributed by atoms with Gasteiger partial charge in [-0.15, -0.1) is 0 Å². The lowest BCUT2D eigenvalue weighted by Gasteiger charge is -2.15. The van der Waals surface area contributed by atoms with Crippen molar-refractivity contribution in [2.24, 2.45) is 11.7 Å². The predicted molar refractivity (Wildman–Crippen MR) is 67.8 cm³/mol. The molecule has 0 heterocycles. The largest absolute Gasteiger partial charge is 0.467 e. The Morgan fingerprint density at radius 3 is 2.82 bits per heavy atom. The van der Waals surface area contributed by atoms with E-state index in [1.807, 2.05) is 24.3 Å². The van der Waals surface area contributed by atoms with E-state index in [2.05, 4.69) is 6.92 Å². The van der Waals surface area contributed by atoms with Crippen molar-refractivity contribution in [1.82, 2.24) is 0 Å². The molecule has 0 aromatic heterocycles. The second-order valence-electron chi connectivity index (χ2n) is 4.63. The highest BCUT2D eigenvalue weighted by atomic mass is 16.7. The van der Waals surface area contributed by atoms with E-state index >= 15 is 0 Å². The zero-order valence-electron chi connectivity index (χ0n) is 10.4. The van der Waals surface area contributed by atoms with Gasteiger partial charge in [-0.2, -0.15) is 0 Å². The second kappa shape index (κ2) is 6.03. The van der Waals surface area contributed by atoms with Crippen molar-refractivity contribution in [1.29, 1.82) is 0 Å². The van der Waals surface area contributed by atoms with Crippen molar-refractivity contribution in [3.05, 3.63) is 29.8 Å². The molecular weight excluding hydrogens is 214 g/mol. The minimum atomic E-state index is 0.0367. The Morgan fingerprint density at radius 2 is 2.12 bits per heavy atom. The maximum Gasteiger partial charge on any atom is 0.189 e. The first kappa shape index (κ1) is 12.4. The molecule has 17 heavy (non-hydrogen) atoms. The fourth-order valence-corrected chi connectivity index (χ4v) is 1.74. The molecular formula is C14H21NO2. The molecule has 2 N–H and O–H groups in total. The minimum Gasteiger partial charge on any atom is -0.467 e. The first-order valence-electron chi connectivity index (χ1n) is 6.36. The highest BCUT2D eigenvalue weighted by Gasteiger charge is 2.21. The van der Waals surface area contributed by atoms with Crippen LogP contribution in [0.25, 0.3) is 0 Å². The summed E-state index contributed by atoms with van der Waals surface area (Å²) >= 11 is 0. The SMILES string of the molecule is CC[C@@H](N)c1ccccc1OCOCC1CC1. The van der Waals surface area contributed by atoms with E-state index in [0.29, 0.717) is 6.79 Å². The molecule has 1 fully saturated rings. The third-order valence-corrected chi connectivity index (χ3v) is 3.11. The summed E-state index contributed by atoms with van der Waals surface area (Å²) in [6, 6.07) is 7.95. The fraction of sp³-hybridized carbons (Fsp3) is 0.571. The molecule has 0 bridgehead atoms. The molecule has 0 radical (unpaired) electrons. The Morgan fingerprint density at radius 1 is 1.35 bits per heavy atom. The zero-order valence-corrected chi connectivity index (χ0v) is 10.4. The van der Waals surface area contributed by atoms with E-state index in [1.165, 1.54) is 12.8 Å². The Kier molecular flexibility index (Phi) is 4.40. The molecule has 0 aliphatic heterocycles. The Labute approximate surface area is 103 Å². The normalized spacial score (nSPS) is 16.8. The monoisotopic (exact) mass is 235 g/mol. The van der Waals surface area contributed by atoms with Crippen LogP contribution in [0.3, 0.4) is 0 Å². The van der Waals surface area contributed by atoms with E-state index < -0.39 is 0 Å². The molecule has 0 spiro atoms. The number of nitrogens with two attached hydrogens (primary N) is 1. The van der Waals surface area contributed by atoms with Crippen LogP contribution in [0.2, 0.25) is 0 Å². The number of rotatable bonds is 7. The number of para-hydroxylation sites is 1. The van der Waals surface area contributed by atoms with Crippen LogP contribution >= 0.6 is 0 Å². The van der Waals surface area contributed by atoms with Crippen LogP contribution in [0, 0.1) is 5.92 Å². The lowest BCUT2D eigenvalue weighted by Crippen LogP contribution is -2.12. The molecule has 2 rings (SSSR count). The van der Waals surface area contributed by atoms with E-state index in [4.69, 9.17) is 15.2 Å². The molecule has 1 aliphatic carbocycles. The van der Waals surface area contributed by atoms with Crippen LogP contribution in [-0.4, -0.2) is 13.4 Å². The van der Waals surface area contributed by atoms with Gasteiger partial charge in [0.05, 0.1) is 6.61 Å². The maximum atomic E-state index is 6.04. The summed E-state index contributed by atoms with van der Waals surface area (Å²) < 4.78 is 11.1. The standard InChI is InChI=1S/C14H21NO2/c1-2-13(15)12-5-3-4-6-14(12)17-10-16-9-11-7-8-11/h3-6,11,13H,2,7-10,15H2,1H3/t13-/m1/s1. The average molecular weight is 235 g/mol. The zero-order chi connectivity index (χ0) is 12.1. The molecule has 3 heteroatoms. The van der Waals surface area contributed by atoms with Gasteiger partial charge in [0, 0.05) is 11.6 Å². The molecule has 1 aromatic carbocycles. The molecule has 3 nitrogen and oxygen atoms in total. The van der Waals surface area contributed by atoms with Crippen molar-refractivity contribution in [2.45, 2.75) is 32.2 Å². The molecule has 1 saturated carbocycles. The van der Waals surface area contributed by atoms with Crippen LogP contribution < -0.4 is 10.5 Å². The molecule has 1 atom stereocenters. The predicted octanol–water partition coefficient (Wildman–Crippen LogP) is 2.86. The third-order valence-electron chi connectivity index (χ3n) is 3.11. The number of hydrogen-bond acceptors (Lipinski definition) is 3. The molecule has 0 saturated heterocycles. The van der Waals surface area contributed by atoms with Gasteiger partial charge in [-0.05, 0) is 31.2 Å². The van der Waals surface area contributed by atoms with Crippen LogP contribution in [0.15, 0.2) is 24.3 Å². The summed E-state index contributed by atoms with van der Waals surface area (Å²) in [6.07, 6.45) is 3.51. The summed E-state index contributed by atoms with van der Waals surface area (Å²) in [6.45, 7) is 3.22. The Hall–Kier alpha value is -1.06. The van der Waals surface area contributed by atoms with Gasteiger partial charge in [0.2, 0.25) is 0 Å². The van der Waals surface area contributed by atoms with Crippen molar-refractivity contribution >= 4 is 0 Å². The van der Waals surface area contributed by atoms with Gasteiger partial charge in [0.25, 0.3) is 0 Å². The number of hydrogen-bond donors (Lipinski definition) is 1. The van der Waals surface area contributed by atoms with Crippen molar-refractivity contribution in [2.75, 3.05) is 13.4 Å². The topological polar surface area (TPSA) is 44.5 Å². The summed E-state index contributed by atoms with van der Waals surface area (Å²) in [5.41, 5.74) is 7.10. The lowest BCUT2D eigenvalue weighted by molar-refractivity contribution is 0.00928. The van der Waals surface area contributed by atoms with E-state index in [0.717, 1.165) is 30.3 Å². The van der Waals surface area contributed by atoms with E-state index in [-0.39, 0.29) is 6.04 Å². The van der Waals surface area contributed by atoms with Crippen molar-refractivity contribution < 1.29 is 9.47 Å². The first-order chi connectivity index (χ1) is 8.31. The third kappa shape index (κ3) is 3.72. The highest BCUT2D eigenvalue weighted by molar-refractivity contribution is 5.35.